The van der Waals surface area contributed by atoms with Crippen LogP contribution in [0.25, 0.3) is 0 Å². The molecule has 0 radical (unpaired) electrons. The van der Waals surface area contributed by atoms with Gasteiger partial charge in [0.25, 0.3) is 0 Å². The zero-order valence-electron chi connectivity index (χ0n) is 8.01. The van der Waals surface area contributed by atoms with Crippen molar-refractivity contribution < 1.29 is 9.53 Å². The zero-order valence-corrected chi connectivity index (χ0v) is 8.01. The van der Waals surface area contributed by atoms with E-state index in [4.69, 9.17) is 10.5 Å². The summed E-state index contributed by atoms with van der Waals surface area (Å²) in [6, 6.07) is 0. The van der Waals surface area contributed by atoms with Crippen molar-refractivity contribution in [1.29, 1.82) is 0 Å². The summed E-state index contributed by atoms with van der Waals surface area (Å²) in [7, 11) is 1.54. The van der Waals surface area contributed by atoms with Gasteiger partial charge in [-0.3, -0.25) is 4.79 Å². The molecule has 0 aromatic carbocycles. The molecule has 0 bridgehead atoms. The monoisotopic (exact) mass is 173 g/mol. The van der Waals surface area contributed by atoms with Crippen molar-refractivity contribution in [3.63, 3.8) is 0 Å². The van der Waals surface area contributed by atoms with E-state index >= 15 is 0 Å². The van der Waals surface area contributed by atoms with E-state index in [0.29, 0.717) is 18.9 Å². The number of rotatable bonds is 7. The highest BCUT2D eigenvalue weighted by Gasteiger charge is 2.05. The molecule has 0 aliphatic heterocycles. The number of Topliss-reactive ketones (excluding diaryl/α,β-unsaturated/α-hetero) is 1. The summed E-state index contributed by atoms with van der Waals surface area (Å²) < 4.78 is 4.72. The summed E-state index contributed by atoms with van der Waals surface area (Å²) in [5.41, 5.74) is 5.38. The van der Waals surface area contributed by atoms with Gasteiger partial charge < -0.3 is 10.5 Å². The normalized spacial score (nSPS) is 12.9. The molecule has 0 aliphatic rings. The molecule has 0 rings (SSSR count). The molecule has 72 valence electrons. The maximum Gasteiger partial charge on any atom is 0.158 e. The standard InChI is InChI=1S/C9H19NO2/c1-8(5-6-10)3-4-9(11)7-12-2/h8H,3-7,10H2,1-2H3. The molecule has 0 aromatic heterocycles. The van der Waals surface area contributed by atoms with Crippen molar-refractivity contribution in [3.05, 3.63) is 0 Å². The van der Waals surface area contributed by atoms with E-state index in [1.54, 1.807) is 7.11 Å². The molecule has 0 amide bonds. The first-order valence-corrected chi connectivity index (χ1v) is 4.41. The molecule has 3 heteroatoms. The Bertz CT molecular complexity index is 126. The van der Waals surface area contributed by atoms with E-state index in [1.807, 2.05) is 0 Å². The van der Waals surface area contributed by atoms with Crippen LogP contribution in [0.3, 0.4) is 0 Å². The van der Waals surface area contributed by atoms with Gasteiger partial charge in [-0.15, -0.1) is 0 Å². The number of methoxy groups -OCH3 is 1. The van der Waals surface area contributed by atoms with Crippen LogP contribution in [-0.2, 0) is 9.53 Å². The fourth-order valence-electron chi connectivity index (χ4n) is 1.07. The van der Waals surface area contributed by atoms with Gasteiger partial charge >= 0.3 is 0 Å². The van der Waals surface area contributed by atoms with Gasteiger partial charge in [0.15, 0.2) is 5.78 Å². The van der Waals surface area contributed by atoms with Gasteiger partial charge in [0.1, 0.15) is 6.61 Å². The molecular weight excluding hydrogens is 154 g/mol. The predicted octanol–water partition coefficient (Wildman–Crippen LogP) is 0.967. The van der Waals surface area contributed by atoms with Crippen LogP contribution in [0.4, 0.5) is 0 Å². The van der Waals surface area contributed by atoms with Gasteiger partial charge in [0, 0.05) is 13.5 Å². The summed E-state index contributed by atoms with van der Waals surface area (Å²) in [5, 5.41) is 0. The Morgan fingerprint density at radius 2 is 2.17 bits per heavy atom. The number of carbonyl (C=O) groups is 1. The third-order valence-corrected chi connectivity index (χ3v) is 1.88. The van der Waals surface area contributed by atoms with Crippen LogP contribution >= 0.6 is 0 Å². The molecule has 1 unspecified atom stereocenters. The molecule has 2 N–H and O–H groups in total. The summed E-state index contributed by atoms with van der Waals surface area (Å²) in [4.78, 5) is 11.0. The third kappa shape index (κ3) is 6.31. The highest BCUT2D eigenvalue weighted by molar-refractivity contribution is 5.79. The lowest BCUT2D eigenvalue weighted by atomic mass is 10.0. The van der Waals surface area contributed by atoms with Crippen molar-refractivity contribution in [1.82, 2.24) is 0 Å². The van der Waals surface area contributed by atoms with Crippen LogP contribution < -0.4 is 5.73 Å². The van der Waals surface area contributed by atoms with E-state index in [9.17, 15) is 4.79 Å². The Balaban J connectivity index is 3.33. The van der Waals surface area contributed by atoms with E-state index in [2.05, 4.69) is 6.92 Å². The van der Waals surface area contributed by atoms with E-state index < -0.39 is 0 Å². The second kappa shape index (κ2) is 7.25. The highest BCUT2D eigenvalue weighted by atomic mass is 16.5. The smallest absolute Gasteiger partial charge is 0.158 e. The second-order valence-corrected chi connectivity index (χ2v) is 3.19. The lowest BCUT2D eigenvalue weighted by Gasteiger charge is -2.07. The SMILES string of the molecule is COCC(=O)CCC(C)CCN. The second-order valence-electron chi connectivity index (χ2n) is 3.19. The minimum absolute atomic E-state index is 0.182. The zero-order chi connectivity index (χ0) is 9.40. The summed E-state index contributed by atoms with van der Waals surface area (Å²) in [6.45, 7) is 3.07. The average molecular weight is 173 g/mol. The van der Waals surface area contributed by atoms with Gasteiger partial charge in [-0.2, -0.15) is 0 Å². The topological polar surface area (TPSA) is 52.3 Å². The van der Waals surface area contributed by atoms with Crippen LogP contribution in [0.5, 0.6) is 0 Å². The van der Waals surface area contributed by atoms with Crippen LogP contribution in [0.1, 0.15) is 26.2 Å². The molecule has 12 heavy (non-hydrogen) atoms. The number of nitrogens with two attached hydrogens (primary N) is 1. The van der Waals surface area contributed by atoms with Gasteiger partial charge in [0.2, 0.25) is 0 Å². The summed E-state index contributed by atoms with van der Waals surface area (Å²) >= 11 is 0. The maximum atomic E-state index is 11.0. The predicted molar refractivity (Wildman–Crippen MR) is 49.0 cm³/mol. The van der Waals surface area contributed by atoms with Crippen molar-refractivity contribution in [2.75, 3.05) is 20.3 Å². The molecule has 0 aromatic rings. The van der Waals surface area contributed by atoms with Crippen LogP contribution in [-0.4, -0.2) is 26.0 Å². The molecule has 1 atom stereocenters. The lowest BCUT2D eigenvalue weighted by molar-refractivity contribution is -0.122. The molecule has 0 heterocycles. The molecule has 0 saturated carbocycles. The van der Waals surface area contributed by atoms with Crippen LogP contribution in [0.15, 0.2) is 0 Å². The van der Waals surface area contributed by atoms with Crippen molar-refractivity contribution in [3.8, 4) is 0 Å². The van der Waals surface area contributed by atoms with E-state index in [1.165, 1.54) is 0 Å². The molecule has 3 nitrogen and oxygen atoms in total. The average Bonchev–Trinajstić information content (AvgIpc) is 2.02. The first-order valence-electron chi connectivity index (χ1n) is 4.41. The van der Waals surface area contributed by atoms with E-state index in [0.717, 1.165) is 12.8 Å². The number of carbonyl (C=O) groups excluding carboxylic acids is 1. The fourth-order valence-corrected chi connectivity index (χ4v) is 1.07. The summed E-state index contributed by atoms with van der Waals surface area (Å²) in [5.74, 6) is 0.733. The Kier molecular flexibility index (Phi) is 7.00. The number of ether oxygens (including phenoxy) is 1. The van der Waals surface area contributed by atoms with Crippen molar-refractivity contribution in [2.45, 2.75) is 26.2 Å². The molecule has 0 saturated heterocycles. The number of hydrogen-bond acceptors (Lipinski definition) is 3. The maximum absolute atomic E-state index is 11.0. The van der Waals surface area contributed by atoms with Crippen molar-refractivity contribution >= 4 is 5.78 Å². The quantitative estimate of drug-likeness (QED) is 0.624. The molecule has 0 spiro atoms. The lowest BCUT2D eigenvalue weighted by Crippen LogP contribution is -2.10. The van der Waals surface area contributed by atoms with Gasteiger partial charge in [-0.05, 0) is 25.3 Å². The first kappa shape index (κ1) is 11.6. The first-order chi connectivity index (χ1) is 5.70. The molecule has 0 fully saturated rings. The van der Waals surface area contributed by atoms with Gasteiger partial charge in [-0.25, -0.2) is 0 Å². The van der Waals surface area contributed by atoms with Crippen LogP contribution in [0, 0.1) is 5.92 Å². The Labute approximate surface area is 74.3 Å². The molecular formula is C9H19NO2. The fraction of sp³-hybridized carbons (Fsp3) is 0.889. The van der Waals surface area contributed by atoms with Crippen molar-refractivity contribution in [2.24, 2.45) is 11.7 Å². The van der Waals surface area contributed by atoms with E-state index in [-0.39, 0.29) is 12.4 Å². The minimum atomic E-state index is 0.182. The Morgan fingerprint density at radius 1 is 1.50 bits per heavy atom. The minimum Gasteiger partial charge on any atom is -0.377 e. The summed E-state index contributed by atoms with van der Waals surface area (Å²) in [6.07, 6.45) is 2.55. The van der Waals surface area contributed by atoms with Crippen LogP contribution in [0.2, 0.25) is 0 Å². The van der Waals surface area contributed by atoms with Gasteiger partial charge in [0.05, 0.1) is 0 Å². The Morgan fingerprint density at radius 3 is 2.67 bits per heavy atom. The van der Waals surface area contributed by atoms with Gasteiger partial charge in [-0.1, -0.05) is 6.92 Å². The highest BCUT2D eigenvalue weighted by Crippen LogP contribution is 2.09. The molecule has 0 aliphatic carbocycles. The third-order valence-electron chi connectivity index (χ3n) is 1.88. The Hall–Kier alpha value is -0.410. The number of ketones is 1. The largest absolute Gasteiger partial charge is 0.377 e. The number of hydrogen-bond donors (Lipinski definition) is 1.